The largest absolute Gasteiger partial charge is 0.497 e. The highest BCUT2D eigenvalue weighted by atomic mass is 16.5. The van der Waals surface area contributed by atoms with E-state index >= 15 is 0 Å². The van der Waals surface area contributed by atoms with Crippen LogP contribution >= 0.6 is 0 Å². The number of nitrogens with zero attached hydrogens (tertiary/aromatic N) is 1. The number of carbonyl (C=O) groups is 1. The second kappa shape index (κ2) is 8.39. The van der Waals surface area contributed by atoms with Gasteiger partial charge in [-0.05, 0) is 23.1 Å². The third kappa shape index (κ3) is 4.51. The summed E-state index contributed by atoms with van der Waals surface area (Å²) in [6, 6.07) is 15.7. The van der Waals surface area contributed by atoms with Crippen LogP contribution in [0.15, 0.2) is 48.5 Å². The van der Waals surface area contributed by atoms with E-state index in [1.165, 1.54) is 0 Å². The zero-order chi connectivity index (χ0) is 17.5. The van der Waals surface area contributed by atoms with Crippen LogP contribution < -0.4 is 9.47 Å². The van der Waals surface area contributed by atoms with Gasteiger partial charge in [0, 0.05) is 26.1 Å². The fourth-order valence-electron chi connectivity index (χ4n) is 2.70. The highest BCUT2D eigenvalue weighted by Gasteiger charge is 2.18. The lowest BCUT2D eigenvalue weighted by atomic mass is 9.96. The average Bonchev–Trinajstić information content (AvgIpc) is 2.61. The molecule has 1 atom stereocenters. The molecule has 0 bridgehead atoms. The van der Waals surface area contributed by atoms with E-state index in [1.54, 1.807) is 19.1 Å². The number of benzene rings is 2. The molecule has 0 fully saturated rings. The maximum Gasteiger partial charge on any atom is 0.223 e. The van der Waals surface area contributed by atoms with Crippen molar-refractivity contribution in [3.63, 3.8) is 0 Å². The summed E-state index contributed by atoms with van der Waals surface area (Å²) in [6.45, 7) is 2.66. The molecule has 2 aromatic carbocycles. The molecule has 0 aliphatic rings. The lowest BCUT2D eigenvalue weighted by Gasteiger charge is -2.21. The molecule has 24 heavy (non-hydrogen) atoms. The summed E-state index contributed by atoms with van der Waals surface area (Å²) in [5.74, 6) is 1.68. The molecule has 0 N–H and O–H groups in total. The minimum Gasteiger partial charge on any atom is -0.497 e. The van der Waals surface area contributed by atoms with Crippen LogP contribution in [0, 0.1) is 0 Å². The molecule has 4 heteroatoms. The van der Waals surface area contributed by atoms with Crippen molar-refractivity contribution >= 4 is 5.91 Å². The second-order valence-corrected chi connectivity index (χ2v) is 5.95. The Balaban J connectivity index is 2.03. The predicted octanol–water partition coefficient (Wildman–Crippen LogP) is 3.86. The van der Waals surface area contributed by atoms with Gasteiger partial charge in [0.25, 0.3) is 0 Å². The van der Waals surface area contributed by atoms with Gasteiger partial charge in [0.05, 0.1) is 14.2 Å². The third-order valence-corrected chi connectivity index (χ3v) is 4.14. The number of rotatable bonds is 7. The maximum absolute atomic E-state index is 12.5. The molecule has 0 aliphatic carbocycles. The molecular weight excluding hydrogens is 302 g/mol. The maximum atomic E-state index is 12.5. The van der Waals surface area contributed by atoms with Gasteiger partial charge in [-0.25, -0.2) is 0 Å². The van der Waals surface area contributed by atoms with Gasteiger partial charge < -0.3 is 14.4 Å². The van der Waals surface area contributed by atoms with Crippen LogP contribution in [0.2, 0.25) is 0 Å². The molecular formula is C20H25NO3. The molecule has 2 aromatic rings. The van der Waals surface area contributed by atoms with Crippen molar-refractivity contribution < 1.29 is 14.3 Å². The summed E-state index contributed by atoms with van der Waals surface area (Å²) in [4.78, 5) is 14.3. The van der Waals surface area contributed by atoms with Crippen LogP contribution in [-0.4, -0.2) is 32.1 Å². The van der Waals surface area contributed by atoms with Gasteiger partial charge in [0.2, 0.25) is 5.91 Å². The number of carbonyl (C=O) groups excluding carboxylic acids is 1. The lowest BCUT2D eigenvalue weighted by Crippen LogP contribution is -2.27. The standard InChI is InChI=1S/C20H25NO3/c1-15(18-11-10-17(23-3)13-19(18)24-4)12-20(22)21(2)14-16-8-6-5-7-9-16/h5-11,13,15H,12,14H2,1-4H3. The van der Waals surface area contributed by atoms with Gasteiger partial charge in [-0.3, -0.25) is 4.79 Å². The Morgan fingerprint density at radius 2 is 1.79 bits per heavy atom. The minimum absolute atomic E-state index is 0.0663. The zero-order valence-electron chi connectivity index (χ0n) is 14.8. The van der Waals surface area contributed by atoms with Crippen LogP contribution in [0.5, 0.6) is 11.5 Å². The molecule has 0 heterocycles. The van der Waals surface area contributed by atoms with Crippen molar-refractivity contribution in [2.75, 3.05) is 21.3 Å². The van der Waals surface area contributed by atoms with Crippen LogP contribution in [0.25, 0.3) is 0 Å². The Hall–Kier alpha value is -2.49. The van der Waals surface area contributed by atoms with E-state index in [-0.39, 0.29) is 11.8 Å². The van der Waals surface area contributed by atoms with Crippen LogP contribution in [0.1, 0.15) is 30.4 Å². The van der Waals surface area contributed by atoms with Gasteiger partial charge in [0.1, 0.15) is 11.5 Å². The minimum atomic E-state index is 0.0663. The fraction of sp³-hybridized carbons (Fsp3) is 0.350. The highest BCUT2D eigenvalue weighted by molar-refractivity contribution is 5.77. The van der Waals surface area contributed by atoms with Crippen molar-refractivity contribution in [1.82, 2.24) is 4.90 Å². The molecule has 0 saturated heterocycles. The van der Waals surface area contributed by atoms with Crippen LogP contribution in [-0.2, 0) is 11.3 Å². The average molecular weight is 327 g/mol. The molecule has 0 spiro atoms. The van der Waals surface area contributed by atoms with Gasteiger partial charge in [-0.2, -0.15) is 0 Å². The zero-order valence-corrected chi connectivity index (χ0v) is 14.8. The number of hydrogen-bond donors (Lipinski definition) is 0. The Kier molecular flexibility index (Phi) is 6.24. The van der Waals surface area contributed by atoms with E-state index in [1.807, 2.05) is 62.5 Å². The Bertz CT molecular complexity index is 670. The van der Waals surface area contributed by atoms with E-state index in [4.69, 9.17) is 9.47 Å². The topological polar surface area (TPSA) is 38.8 Å². The SMILES string of the molecule is COc1ccc(C(C)CC(=O)N(C)Cc2ccccc2)c(OC)c1. The molecule has 1 unspecified atom stereocenters. The normalized spacial score (nSPS) is 11.7. The number of ether oxygens (including phenoxy) is 2. The van der Waals surface area contributed by atoms with E-state index in [0.29, 0.717) is 13.0 Å². The number of hydrogen-bond acceptors (Lipinski definition) is 3. The van der Waals surface area contributed by atoms with Crippen molar-refractivity contribution in [3.05, 3.63) is 59.7 Å². The molecule has 0 radical (unpaired) electrons. The Labute approximate surface area is 144 Å². The molecule has 0 aromatic heterocycles. The summed E-state index contributed by atoms with van der Waals surface area (Å²) in [7, 11) is 5.10. The van der Waals surface area contributed by atoms with Crippen molar-refractivity contribution in [3.8, 4) is 11.5 Å². The van der Waals surface area contributed by atoms with Crippen molar-refractivity contribution in [2.45, 2.75) is 25.8 Å². The Morgan fingerprint density at radius 1 is 1.08 bits per heavy atom. The number of amides is 1. The molecule has 4 nitrogen and oxygen atoms in total. The fourth-order valence-corrected chi connectivity index (χ4v) is 2.70. The highest BCUT2D eigenvalue weighted by Crippen LogP contribution is 2.32. The van der Waals surface area contributed by atoms with E-state index in [9.17, 15) is 4.79 Å². The first kappa shape index (κ1) is 17.9. The predicted molar refractivity (Wildman–Crippen MR) is 95.5 cm³/mol. The first-order valence-corrected chi connectivity index (χ1v) is 8.05. The summed E-state index contributed by atoms with van der Waals surface area (Å²) in [5, 5.41) is 0. The van der Waals surface area contributed by atoms with Gasteiger partial charge in [0.15, 0.2) is 0 Å². The molecule has 2 rings (SSSR count). The van der Waals surface area contributed by atoms with Crippen LogP contribution in [0.4, 0.5) is 0 Å². The molecule has 1 amide bonds. The number of methoxy groups -OCH3 is 2. The van der Waals surface area contributed by atoms with Gasteiger partial charge >= 0.3 is 0 Å². The van der Waals surface area contributed by atoms with Crippen LogP contribution in [0.3, 0.4) is 0 Å². The monoisotopic (exact) mass is 327 g/mol. The van der Waals surface area contributed by atoms with Gasteiger partial charge in [-0.15, -0.1) is 0 Å². The summed E-state index contributed by atoms with van der Waals surface area (Å²) in [5.41, 5.74) is 2.14. The summed E-state index contributed by atoms with van der Waals surface area (Å²) >= 11 is 0. The van der Waals surface area contributed by atoms with Crippen molar-refractivity contribution in [1.29, 1.82) is 0 Å². The Morgan fingerprint density at radius 3 is 2.42 bits per heavy atom. The lowest BCUT2D eigenvalue weighted by molar-refractivity contribution is -0.130. The molecule has 0 aliphatic heterocycles. The first-order valence-electron chi connectivity index (χ1n) is 8.05. The smallest absolute Gasteiger partial charge is 0.223 e. The van der Waals surface area contributed by atoms with Gasteiger partial charge in [-0.1, -0.05) is 43.3 Å². The third-order valence-electron chi connectivity index (χ3n) is 4.14. The van der Waals surface area contributed by atoms with Crippen molar-refractivity contribution in [2.24, 2.45) is 0 Å². The van der Waals surface area contributed by atoms with E-state index in [0.717, 1.165) is 22.6 Å². The molecule has 0 saturated carbocycles. The second-order valence-electron chi connectivity index (χ2n) is 5.95. The first-order chi connectivity index (χ1) is 11.5. The molecule has 128 valence electrons. The quantitative estimate of drug-likeness (QED) is 0.775. The summed E-state index contributed by atoms with van der Waals surface area (Å²) in [6.07, 6.45) is 0.437. The van der Waals surface area contributed by atoms with E-state index in [2.05, 4.69) is 0 Å². The summed E-state index contributed by atoms with van der Waals surface area (Å²) < 4.78 is 10.7. The van der Waals surface area contributed by atoms with E-state index < -0.39 is 0 Å².